The highest BCUT2D eigenvalue weighted by Gasteiger charge is 2.20. The quantitative estimate of drug-likeness (QED) is 0.584. The smallest absolute Gasteiger partial charge is 0.220 e. The first-order valence-corrected chi connectivity index (χ1v) is 9.06. The van der Waals surface area contributed by atoms with Crippen molar-refractivity contribution in [1.29, 1.82) is 0 Å². The zero-order valence-corrected chi connectivity index (χ0v) is 16.9. The molecule has 0 radical (unpaired) electrons. The first kappa shape index (κ1) is 20.1. The van der Waals surface area contributed by atoms with Crippen molar-refractivity contribution in [2.24, 2.45) is 0 Å². The molecule has 0 aliphatic rings. The normalized spacial score (nSPS) is 12.1. The highest BCUT2D eigenvalue weighted by Crippen LogP contribution is 2.34. The van der Waals surface area contributed by atoms with Crippen LogP contribution in [0, 0.1) is 11.8 Å². The summed E-state index contributed by atoms with van der Waals surface area (Å²) < 4.78 is 1.89. The van der Waals surface area contributed by atoms with Crippen LogP contribution < -0.4 is 5.73 Å². The van der Waals surface area contributed by atoms with Gasteiger partial charge in [0.25, 0.3) is 0 Å². The fourth-order valence-electron chi connectivity index (χ4n) is 2.78. The Morgan fingerprint density at radius 3 is 2.54 bits per heavy atom. The van der Waals surface area contributed by atoms with Crippen LogP contribution in [0.3, 0.4) is 0 Å². The van der Waals surface area contributed by atoms with Crippen LogP contribution >= 0.6 is 11.6 Å². The van der Waals surface area contributed by atoms with Crippen molar-refractivity contribution in [1.82, 2.24) is 19.5 Å². The Morgan fingerprint density at radius 1 is 1.18 bits per heavy atom. The summed E-state index contributed by atoms with van der Waals surface area (Å²) >= 11 is 6.32. The van der Waals surface area contributed by atoms with Crippen LogP contribution in [0.2, 0.25) is 5.02 Å². The van der Waals surface area contributed by atoms with E-state index < -0.39 is 11.2 Å². The van der Waals surface area contributed by atoms with Crippen LogP contribution in [-0.2, 0) is 6.54 Å². The van der Waals surface area contributed by atoms with Gasteiger partial charge in [-0.1, -0.05) is 17.5 Å². The van der Waals surface area contributed by atoms with Gasteiger partial charge in [0, 0.05) is 17.1 Å². The van der Waals surface area contributed by atoms with E-state index in [1.165, 1.54) is 6.20 Å². The minimum Gasteiger partial charge on any atom is -0.389 e. The van der Waals surface area contributed by atoms with Crippen molar-refractivity contribution in [2.75, 3.05) is 5.73 Å². The van der Waals surface area contributed by atoms with E-state index in [1.54, 1.807) is 40.0 Å². The van der Waals surface area contributed by atoms with Crippen LogP contribution in [0.15, 0.2) is 24.7 Å². The second kappa shape index (κ2) is 7.06. The molecule has 0 saturated heterocycles. The first-order chi connectivity index (χ1) is 12.9. The van der Waals surface area contributed by atoms with Gasteiger partial charge in [-0.05, 0) is 39.7 Å². The van der Waals surface area contributed by atoms with Crippen molar-refractivity contribution in [3.63, 3.8) is 0 Å². The molecule has 0 spiro atoms. The number of nitrogens with two attached hydrogens (primary N) is 1. The van der Waals surface area contributed by atoms with Crippen LogP contribution in [0.1, 0.15) is 33.4 Å². The lowest BCUT2D eigenvalue weighted by atomic mass is 10.1. The second-order valence-corrected chi connectivity index (χ2v) is 8.21. The number of rotatable bonds is 3. The highest BCUT2D eigenvalue weighted by atomic mass is 35.5. The topological polar surface area (TPSA) is 110 Å². The monoisotopic (exact) mass is 399 g/mol. The van der Waals surface area contributed by atoms with Gasteiger partial charge in [-0.15, -0.1) is 0 Å². The number of aromatic nitrogens is 4. The average Bonchev–Trinajstić information content (AvgIpc) is 2.90. The Labute approximate surface area is 168 Å². The highest BCUT2D eigenvalue weighted by molar-refractivity contribution is 6.33. The van der Waals surface area contributed by atoms with Gasteiger partial charge in [0.2, 0.25) is 5.95 Å². The van der Waals surface area contributed by atoms with Gasteiger partial charge in [0.15, 0.2) is 0 Å². The van der Waals surface area contributed by atoms with Gasteiger partial charge in [-0.3, -0.25) is 0 Å². The van der Waals surface area contributed by atoms with E-state index >= 15 is 0 Å². The number of nitrogens with zero attached hydrogens (tertiary/aromatic N) is 4. The molecule has 0 aliphatic carbocycles. The number of hydrogen-bond acceptors (Lipinski definition) is 6. The molecule has 0 aliphatic heterocycles. The van der Waals surface area contributed by atoms with Crippen molar-refractivity contribution >= 4 is 28.5 Å². The average molecular weight is 400 g/mol. The third-order valence-corrected chi connectivity index (χ3v) is 4.12. The van der Waals surface area contributed by atoms with E-state index in [9.17, 15) is 10.2 Å². The maximum absolute atomic E-state index is 10.3. The van der Waals surface area contributed by atoms with Gasteiger partial charge < -0.3 is 20.5 Å². The van der Waals surface area contributed by atoms with Gasteiger partial charge in [0.05, 0.1) is 40.8 Å². The number of nitrogen functional groups attached to an aromatic ring is 1. The zero-order valence-electron chi connectivity index (χ0n) is 16.2. The number of anilines is 1. The number of halogens is 1. The number of hydrogen-bond donors (Lipinski definition) is 3. The van der Waals surface area contributed by atoms with Crippen molar-refractivity contribution in [2.45, 2.75) is 45.4 Å². The molecule has 3 aromatic heterocycles. The molecule has 146 valence electrons. The SMILES string of the molecule is CC(C)(O)C#Cc1cc2c(-c3nc(N)ncc3Cl)cn(CC(C)(C)O)c2cn1. The van der Waals surface area contributed by atoms with E-state index in [2.05, 4.69) is 26.8 Å². The van der Waals surface area contributed by atoms with E-state index in [4.69, 9.17) is 17.3 Å². The maximum atomic E-state index is 10.3. The first-order valence-electron chi connectivity index (χ1n) is 8.68. The fourth-order valence-corrected chi connectivity index (χ4v) is 2.97. The number of pyridine rings is 1. The molecule has 0 atom stereocenters. The Hall–Kier alpha value is -2.66. The fraction of sp³-hybridized carbons (Fsp3) is 0.350. The Balaban J connectivity index is 2.25. The standard InChI is InChI=1S/C20H22ClN5O2/c1-19(2,27)6-5-12-7-13-14(17-15(21)8-24-18(22)25-17)10-26(11-20(3,4)28)16(13)9-23-12/h7-10,27-28H,11H2,1-4H3,(H2,22,24,25). The molecule has 0 bridgehead atoms. The molecule has 0 aromatic carbocycles. The summed E-state index contributed by atoms with van der Waals surface area (Å²) in [5.41, 5.74) is 6.19. The molecule has 0 saturated carbocycles. The lowest BCUT2D eigenvalue weighted by Gasteiger charge is -2.18. The van der Waals surface area contributed by atoms with Crippen molar-refractivity contribution in [3.05, 3.63) is 35.4 Å². The molecule has 0 amide bonds. The molecular formula is C20H22ClN5O2. The third-order valence-electron chi connectivity index (χ3n) is 3.84. The van der Waals surface area contributed by atoms with Crippen LogP contribution in [0.5, 0.6) is 0 Å². The number of fused-ring (bicyclic) bond motifs is 1. The van der Waals surface area contributed by atoms with E-state index in [0.29, 0.717) is 23.0 Å². The molecule has 28 heavy (non-hydrogen) atoms. The Bertz CT molecular complexity index is 1100. The zero-order chi connectivity index (χ0) is 20.7. The van der Waals surface area contributed by atoms with Crippen molar-refractivity contribution in [3.8, 4) is 23.1 Å². The van der Waals surface area contributed by atoms with Crippen molar-refractivity contribution < 1.29 is 10.2 Å². The van der Waals surface area contributed by atoms with Gasteiger partial charge in [0.1, 0.15) is 11.3 Å². The van der Waals surface area contributed by atoms with Gasteiger partial charge >= 0.3 is 0 Å². The molecule has 3 heterocycles. The predicted octanol–water partition coefficient (Wildman–Crippen LogP) is 2.62. The summed E-state index contributed by atoms with van der Waals surface area (Å²) in [5.74, 6) is 5.74. The lowest BCUT2D eigenvalue weighted by molar-refractivity contribution is 0.0628. The Morgan fingerprint density at radius 2 is 1.89 bits per heavy atom. The summed E-state index contributed by atoms with van der Waals surface area (Å²) in [6.45, 7) is 7.01. The van der Waals surface area contributed by atoms with Crippen LogP contribution in [0.25, 0.3) is 22.2 Å². The summed E-state index contributed by atoms with van der Waals surface area (Å²) in [4.78, 5) is 12.6. The van der Waals surface area contributed by atoms with Gasteiger partial charge in [-0.25, -0.2) is 15.0 Å². The predicted molar refractivity (Wildman–Crippen MR) is 110 cm³/mol. The molecule has 7 nitrogen and oxygen atoms in total. The molecule has 0 fully saturated rings. The molecule has 0 unspecified atom stereocenters. The minimum absolute atomic E-state index is 0.110. The van der Waals surface area contributed by atoms with Gasteiger partial charge in [-0.2, -0.15) is 0 Å². The Kier molecular flexibility index (Phi) is 5.06. The summed E-state index contributed by atoms with van der Waals surface area (Å²) in [7, 11) is 0. The largest absolute Gasteiger partial charge is 0.389 e. The summed E-state index contributed by atoms with van der Waals surface area (Å²) in [6, 6.07) is 1.80. The lowest BCUT2D eigenvalue weighted by Crippen LogP contribution is -2.25. The second-order valence-electron chi connectivity index (χ2n) is 7.80. The van der Waals surface area contributed by atoms with E-state index in [1.807, 2.05) is 10.8 Å². The molecule has 8 heteroatoms. The summed E-state index contributed by atoms with van der Waals surface area (Å²) in [5, 5.41) is 21.3. The van der Waals surface area contributed by atoms with E-state index in [-0.39, 0.29) is 5.95 Å². The maximum Gasteiger partial charge on any atom is 0.220 e. The summed E-state index contributed by atoms with van der Waals surface area (Å²) in [6.07, 6.45) is 4.98. The molecule has 3 aromatic rings. The molecular weight excluding hydrogens is 378 g/mol. The molecule has 4 N–H and O–H groups in total. The molecule has 3 rings (SSSR count). The number of aliphatic hydroxyl groups is 2. The third kappa shape index (κ3) is 4.60. The van der Waals surface area contributed by atoms with Crippen LogP contribution in [0.4, 0.5) is 5.95 Å². The minimum atomic E-state index is -1.13. The van der Waals surface area contributed by atoms with E-state index in [0.717, 1.165) is 16.5 Å². The van der Waals surface area contributed by atoms with Crippen LogP contribution in [-0.4, -0.2) is 40.9 Å².